The number of rotatable bonds is 4. The molecule has 0 bridgehead atoms. The number of nitrogens with one attached hydrogen (secondary N) is 1. The van der Waals surface area contributed by atoms with Crippen molar-refractivity contribution >= 4 is 33.6 Å². The summed E-state index contributed by atoms with van der Waals surface area (Å²) >= 11 is 1.54. The molecule has 25 heavy (non-hydrogen) atoms. The highest BCUT2D eigenvalue weighted by molar-refractivity contribution is 7.14. The summed E-state index contributed by atoms with van der Waals surface area (Å²) in [6, 6.07) is 18.2. The molecule has 0 spiro atoms. The maximum absolute atomic E-state index is 4.58. The summed E-state index contributed by atoms with van der Waals surface area (Å²) in [7, 11) is 0. The van der Waals surface area contributed by atoms with Crippen molar-refractivity contribution in [3.63, 3.8) is 0 Å². The molecule has 0 radical (unpaired) electrons. The third-order valence-electron chi connectivity index (χ3n) is 3.97. The van der Waals surface area contributed by atoms with Crippen molar-refractivity contribution in [3.8, 4) is 11.3 Å². The van der Waals surface area contributed by atoms with E-state index in [-0.39, 0.29) is 0 Å². The number of anilines is 1. The largest absolute Gasteiger partial charge is 0.256 e. The van der Waals surface area contributed by atoms with Crippen LogP contribution in [0.4, 0.5) is 5.13 Å². The monoisotopic (exact) mass is 344 g/mol. The summed E-state index contributed by atoms with van der Waals surface area (Å²) in [5.41, 5.74) is 8.29. The van der Waals surface area contributed by atoms with E-state index in [1.807, 2.05) is 41.9 Å². The van der Waals surface area contributed by atoms with E-state index < -0.39 is 0 Å². The van der Waals surface area contributed by atoms with Crippen LogP contribution in [0.3, 0.4) is 0 Å². The predicted octanol–water partition coefficient (Wildman–Crippen LogP) is 5.11. The Kier molecular flexibility index (Phi) is 4.23. The maximum atomic E-state index is 4.58. The second-order valence-corrected chi connectivity index (χ2v) is 6.50. The molecule has 0 fully saturated rings. The molecule has 2 aromatic heterocycles. The molecule has 2 heterocycles. The number of benzene rings is 2. The molecule has 0 aliphatic carbocycles. The molecule has 0 aliphatic rings. The molecule has 5 heteroatoms. The van der Waals surface area contributed by atoms with Crippen molar-refractivity contribution in [1.82, 2.24) is 9.97 Å². The zero-order valence-electron chi connectivity index (χ0n) is 13.7. The molecule has 1 N–H and O–H groups in total. The van der Waals surface area contributed by atoms with Crippen LogP contribution in [0.1, 0.15) is 11.1 Å². The Morgan fingerprint density at radius 1 is 1.04 bits per heavy atom. The number of aromatic nitrogens is 2. The average molecular weight is 344 g/mol. The quantitative estimate of drug-likeness (QED) is 0.413. The van der Waals surface area contributed by atoms with Crippen LogP contribution in [0.2, 0.25) is 0 Å². The number of hydrazone groups is 1. The van der Waals surface area contributed by atoms with Crippen molar-refractivity contribution in [2.45, 2.75) is 6.92 Å². The molecule has 0 aliphatic heterocycles. The van der Waals surface area contributed by atoms with Gasteiger partial charge < -0.3 is 0 Å². The standard InChI is InChI=1S/C20H16N4S/c1-14-9-10-18-16(8-5-11-21-18)17(14)12-22-24-20-23-19(13-25-20)15-6-3-2-4-7-15/h2-13H,1H3,(H,23,24). The molecule has 0 saturated carbocycles. The lowest BCUT2D eigenvalue weighted by molar-refractivity contribution is 1.29. The molecule has 4 aromatic rings. The molecule has 0 unspecified atom stereocenters. The van der Waals surface area contributed by atoms with Gasteiger partial charge in [0, 0.05) is 28.1 Å². The summed E-state index contributed by atoms with van der Waals surface area (Å²) in [5.74, 6) is 0. The highest BCUT2D eigenvalue weighted by Gasteiger charge is 2.04. The fourth-order valence-corrected chi connectivity index (χ4v) is 3.34. The first-order valence-corrected chi connectivity index (χ1v) is 8.83. The van der Waals surface area contributed by atoms with E-state index in [9.17, 15) is 0 Å². The first-order valence-electron chi connectivity index (χ1n) is 7.95. The van der Waals surface area contributed by atoms with Crippen molar-refractivity contribution in [2.24, 2.45) is 5.10 Å². The number of hydrogen-bond acceptors (Lipinski definition) is 5. The van der Waals surface area contributed by atoms with Crippen LogP contribution in [-0.2, 0) is 0 Å². The Morgan fingerprint density at radius 3 is 2.80 bits per heavy atom. The molecular formula is C20H16N4S. The highest BCUT2D eigenvalue weighted by Crippen LogP contribution is 2.24. The number of aryl methyl sites for hydroxylation is 1. The Bertz CT molecular complexity index is 1040. The summed E-state index contributed by atoms with van der Waals surface area (Å²) in [4.78, 5) is 8.97. The third-order valence-corrected chi connectivity index (χ3v) is 4.72. The topological polar surface area (TPSA) is 50.2 Å². The molecule has 4 nitrogen and oxygen atoms in total. The van der Waals surface area contributed by atoms with E-state index in [1.165, 1.54) is 11.3 Å². The van der Waals surface area contributed by atoms with Gasteiger partial charge in [-0.05, 0) is 24.6 Å². The first-order chi connectivity index (χ1) is 12.3. The van der Waals surface area contributed by atoms with Gasteiger partial charge in [0.15, 0.2) is 0 Å². The minimum atomic E-state index is 0.770. The minimum Gasteiger partial charge on any atom is -0.256 e. The van der Waals surface area contributed by atoms with Crippen LogP contribution in [-0.4, -0.2) is 16.2 Å². The number of fused-ring (bicyclic) bond motifs is 1. The Morgan fingerprint density at radius 2 is 1.92 bits per heavy atom. The minimum absolute atomic E-state index is 0.770. The lowest BCUT2D eigenvalue weighted by Gasteiger charge is -2.04. The Balaban J connectivity index is 1.56. The summed E-state index contributed by atoms with van der Waals surface area (Å²) in [5, 5.41) is 8.27. The van der Waals surface area contributed by atoms with E-state index in [4.69, 9.17) is 0 Å². The fourth-order valence-electron chi connectivity index (χ4n) is 2.67. The number of pyridine rings is 1. The van der Waals surface area contributed by atoms with Crippen molar-refractivity contribution in [3.05, 3.63) is 77.3 Å². The number of hydrogen-bond donors (Lipinski definition) is 1. The second kappa shape index (κ2) is 6.83. The molecular weight excluding hydrogens is 328 g/mol. The Hall–Kier alpha value is -3.05. The van der Waals surface area contributed by atoms with E-state index in [2.05, 4.69) is 51.7 Å². The molecule has 0 amide bonds. The Labute approximate surface area is 149 Å². The zero-order chi connectivity index (χ0) is 17.1. The average Bonchev–Trinajstić information content (AvgIpc) is 3.13. The first kappa shape index (κ1) is 15.5. The van der Waals surface area contributed by atoms with Gasteiger partial charge in [0.25, 0.3) is 0 Å². The predicted molar refractivity (Wildman–Crippen MR) is 105 cm³/mol. The van der Waals surface area contributed by atoms with Gasteiger partial charge in [0.2, 0.25) is 5.13 Å². The fraction of sp³-hybridized carbons (Fsp3) is 0.0500. The van der Waals surface area contributed by atoms with Crippen LogP contribution in [0.15, 0.2) is 71.3 Å². The van der Waals surface area contributed by atoms with E-state index >= 15 is 0 Å². The van der Waals surface area contributed by atoms with Gasteiger partial charge in [-0.15, -0.1) is 11.3 Å². The van der Waals surface area contributed by atoms with Crippen LogP contribution in [0.5, 0.6) is 0 Å². The van der Waals surface area contributed by atoms with E-state index in [0.29, 0.717) is 0 Å². The lowest BCUT2D eigenvalue weighted by atomic mass is 10.0. The summed E-state index contributed by atoms with van der Waals surface area (Å²) < 4.78 is 0. The normalized spacial score (nSPS) is 11.2. The van der Waals surface area contributed by atoms with Gasteiger partial charge in [-0.3, -0.25) is 10.4 Å². The lowest BCUT2D eigenvalue weighted by Crippen LogP contribution is -1.94. The van der Waals surface area contributed by atoms with Gasteiger partial charge in [-0.2, -0.15) is 5.10 Å². The smallest absolute Gasteiger partial charge is 0.203 e. The van der Waals surface area contributed by atoms with Gasteiger partial charge in [0.05, 0.1) is 17.4 Å². The molecule has 122 valence electrons. The molecule has 0 atom stereocenters. The van der Waals surface area contributed by atoms with Crippen molar-refractivity contribution < 1.29 is 0 Å². The van der Waals surface area contributed by atoms with E-state index in [0.717, 1.165) is 38.4 Å². The number of thiazole rings is 1. The van der Waals surface area contributed by atoms with Crippen LogP contribution in [0, 0.1) is 6.92 Å². The zero-order valence-corrected chi connectivity index (χ0v) is 14.5. The van der Waals surface area contributed by atoms with Gasteiger partial charge in [-0.1, -0.05) is 42.5 Å². The van der Waals surface area contributed by atoms with Crippen LogP contribution >= 0.6 is 11.3 Å². The van der Waals surface area contributed by atoms with Gasteiger partial charge >= 0.3 is 0 Å². The van der Waals surface area contributed by atoms with Crippen molar-refractivity contribution in [2.75, 3.05) is 5.43 Å². The third kappa shape index (κ3) is 3.27. The highest BCUT2D eigenvalue weighted by atomic mass is 32.1. The second-order valence-electron chi connectivity index (χ2n) is 5.64. The molecule has 4 rings (SSSR count). The van der Waals surface area contributed by atoms with Crippen LogP contribution in [0.25, 0.3) is 22.2 Å². The maximum Gasteiger partial charge on any atom is 0.203 e. The summed E-state index contributed by atoms with van der Waals surface area (Å²) in [6.45, 7) is 2.07. The molecule has 0 saturated heterocycles. The van der Waals surface area contributed by atoms with Crippen LogP contribution < -0.4 is 5.43 Å². The molecule has 2 aromatic carbocycles. The van der Waals surface area contributed by atoms with E-state index in [1.54, 1.807) is 6.20 Å². The SMILES string of the molecule is Cc1ccc2ncccc2c1C=NNc1nc(-c2ccccc2)cs1. The van der Waals surface area contributed by atoms with Crippen molar-refractivity contribution in [1.29, 1.82) is 0 Å². The van der Waals surface area contributed by atoms with Gasteiger partial charge in [0.1, 0.15) is 0 Å². The number of nitrogens with zero attached hydrogens (tertiary/aromatic N) is 3. The summed E-state index contributed by atoms with van der Waals surface area (Å²) in [6.07, 6.45) is 3.64. The van der Waals surface area contributed by atoms with Gasteiger partial charge in [-0.25, -0.2) is 4.98 Å².